The first-order chi connectivity index (χ1) is 10.1. The van der Waals surface area contributed by atoms with E-state index in [1.165, 1.54) is 0 Å². The number of aryl methyl sites for hydroxylation is 1. The molecule has 21 heavy (non-hydrogen) atoms. The molecular formula is C16H21NO4. The van der Waals surface area contributed by atoms with Gasteiger partial charge in [-0.15, -0.1) is 0 Å². The normalized spacial score (nSPS) is 25.0. The maximum Gasteiger partial charge on any atom is 0.307 e. The van der Waals surface area contributed by atoms with Crippen molar-refractivity contribution in [2.24, 2.45) is 11.8 Å². The van der Waals surface area contributed by atoms with Crippen LogP contribution in [0.25, 0.3) is 0 Å². The average Bonchev–Trinajstić information content (AvgIpc) is 3.00. The van der Waals surface area contributed by atoms with Crippen LogP contribution in [0.2, 0.25) is 0 Å². The van der Waals surface area contributed by atoms with Gasteiger partial charge < -0.3 is 14.4 Å². The molecule has 2 unspecified atom stereocenters. The number of carbonyl (C=O) groups excluding carboxylic acids is 1. The Balaban J connectivity index is 1.74. The lowest BCUT2D eigenvalue weighted by molar-refractivity contribution is -0.149. The zero-order valence-electron chi connectivity index (χ0n) is 12.2. The lowest BCUT2D eigenvalue weighted by Crippen LogP contribution is -2.40. The molecule has 2 aliphatic rings. The third kappa shape index (κ3) is 2.96. The van der Waals surface area contributed by atoms with Crippen molar-refractivity contribution in [1.82, 2.24) is 4.90 Å². The van der Waals surface area contributed by atoms with Gasteiger partial charge in [0, 0.05) is 6.04 Å². The van der Waals surface area contributed by atoms with Crippen molar-refractivity contribution in [3.8, 4) is 0 Å². The zero-order chi connectivity index (χ0) is 15.0. The monoisotopic (exact) mass is 291 g/mol. The topological polar surface area (TPSA) is 70.8 Å². The van der Waals surface area contributed by atoms with Gasteiger partial charge >= 0.3 is 5.97 Å². The van der Waals surface area contributed by atoms with Gasteiger partial charge in [0.05, 0.1) is 18.4 Å². The number of nitrogens with zero attached hydrogens (tertiary/aromatic N) is 1. The third-order valence-corrected chi connectivity index (χ3v) is 4.54. The summed E-state index contributed by atoms with van der Waals surface area (Å²) in [5, 5.41) is 9.27. The first-order valence-electron chi connectivity index (χ1n) is 7.65. The highest BCUT2D eigenvalue weighted by Gasteiger charge is 2.43. The predicted molar refractivity (Wildman–Crippen MR) is 75.5 cm³/mol. The Morgan fingerprint density at radius 2 is 1.95 bits per heavy atom. The Morgan fingerprint density at radius 3 is 2.52 bits per heavy atom. The number of carboxylic acids is 1. The van der Waals surface area contributed by atoms with Gasteiger partial charge in [0.15, 0.2) is 0 Å². The van der Waals surface area contributed by atoms with E-state index in [4.69, 9.17) is 4.42 Å². The van der Waals surface area contributed by atoms with Crippen LogP contribution >= 0.6 is 0 Å². The molecule has 2 atom stereocenters. The fraction of sp³-hybridized carbons (Fsp3) is 0.625. The summed E-state index contributed by atoms with van der Waals surface area (Å²) in [5.74, 6) is -0.113. The standard InChI is InChI=1S/C16H21NO4/c1-10-5-8-12(21-10)9-17(11-6-7-11)15(18)13-3-2-4-14(13)16(19)20/h5,8,11,13-14H,2-4,6-7,9H2,1H3,(H,19,20). The molecule has 5 heteroatoms. The van der Waals surface area contributed by atoms with Crippen LogP contribution in [0.15, 0.2) is 16.5 Å². The summed E-state index contributed by atoms with van der Waals surface area (Å²) in [6.45, 7) is 2.34. The maximum absolute atomic E-state index is 12.8. The highest BCUT2D eigenvalue weighted by atomic mass is 16.4. The van der Waals surface area contributed by atoms with E-state index in [2.05, 4.69) is 0 Å². The molecule has 1 aromatic rings. The van der Waals surface area contributed by atoms with Crippen LogP contribution in [0.1, 0.15) is 43.6 Å². The Morgan fingerprint density at radius 1 is 1.24 bits per heavy atom. The second kappa shape index (κ2) is 5.54. The first-order valence-corrected chi connectivity index (χ1v) is 7.65. The molecule has 1 amide bonds. The van der Waals surface area contributed by atoms with Crippen LogP contribution in [0, 0.1) is 18.8 Å². The molecule has 2 aliphatic carbocycles. The average molecular weight is 291 g/mol. The summed E-state index contributed by atoms with van der Waals surface area (Å²) in [7, 11) is 0. The van der Waals surface area contributed by atoms with E-state index >= 15 is 0 Å². The van der Waals surface area contributed by atoms with E-state index in [0.29, 0.717) is 19.4 Å². The van der Waals surface area contributed by atoms with Crippen molar-refractivity contribution < 1.29 is 19.1 Å². The molecule has 2 fully saturated rings. The van der Waals surface area contributed by atoms with Crippen LogP contribution in [0.5, 0.6) is 0 Å². The molecule has 1 heterocycles. The Kier molecular flexibility index (Phi) is 3.74. The summed E-state index contributed by atoms with van der Waals surface area (Å²) in [4.78, 5) is 25.9. The molecule has 5 nitrogen and oxygen atoms in total. The van der Waals surface area contributed by atoms with Gasteiger partial charge in [0.1, 0.15) is 11.5 Å². The van der Waals surface area contributed by atoms with Crippen LogP contribution < -0.4 is 0 Å². The van der Waals surface area contributed by atoms with E-state index in [-0.39, 0.29) is 17.9 Å². The zero-order valence-corrected chi connectivity index (χ0v) is 12.2. The van der Waals surface area contributed by atoms with Gasteiger partial charge in [-0.25, -0.2) is 0 Å². The minimum atomic E-state index is -0.838. The summed E-state index contributed by atoms with van der Waals surface area (Å²) in [5.41, 5.74) is 0. The second-order valence-electron chi connectivity index (χ2n) is 6.19. The molecule has 3 rings (SSSR count). The van der Waals surface area contributed by atoms with E-state index in [1.807, 2.05) is 24.0 Å². The molecule has 0 aliphatic heterocycles. The van der Waals surface area contributed by atoms with Crippen LogP contribution in [0.3, 0.4) is 0 Å². The summed E-state index contributed by atoms with van der Waals surface area (Å²) in [6.07, 6.45) is 4.15. The van der Waals surface area contributed by atoms with Crippen LogP contribution in [0.4, 0.5) is 0 Å². The summed E-state index contributed by atoms with van der Waals surface area (Å²) < 4.78 is 5.57. The molecule has 0 saturated heterocycles. The van der Waals surface area contributed by atoms with Crippen molar-refractivity contribution in [3.05, 3.63) is 23.7 Å². The number of rotatable bonds is 5. The minimum Gasteiger partial charge on any atom is -0.481 e. The van der Waals surface area contributed by atoms with Crippen LogP contribution in [-0.4, -0.2) is 27.9 Å². The molecular weight excluding hydrogens is 270 g/mol. The number of hydrogen-bond donors (Lipinski definition) is 1. The molecule has 114 valence electrons. The Labute approximate surface area is 123 Å². The summed E-state index contributed by atoms with van der Waals surface area (Å²) >= 11 is 0. The molecule has 0 spiro atoms. The third-order valence-electron chi connectivity index (χ3n) is 4.54. The van der Waals surface area contributed by atoms with Gasteiger partial charge in [-0.05, 0) is 44.7 Å². The lowest BCUT2D eigenvalue weighted by Gasteiger charge is -2.26. The highest BCUT2D eigenvalue weighted by molar-refractivity contribution is 5.85. The molecule has 0 radical (unpaired) electrons. The fourth-order valence-electron chi connectivity index (χ4n) is 3.28. The Bertz CT molecular complexity index is 546. The smallest absolute Gasteiger partial charge is 0.307 e. The van der Waals surface area contributed by atoms with Crippen LogP contribution in [-0.2, 0) is 16.1 Å². The van der Waals surface area contributed by atoms with Gasteiger partial charge in [0.25, 0.3) is 0 Å². The van der Waals surface area contributed by atoms with Crippen molar-refractivity contribution in [3.63, 3.8) is 0 Å². The quantitative estimate of drug-likeness (QED) is 0.905. The predicted octanol–water partition coefficient (Wildman–Crippen LogP) is 2.58. The van der Waals surface area contributed by atoms with Crippen molar-refractivity contribution >= 4 is 11.9 Å². The second-order valence-corrected chi connectivity index (χ2v) is 6.19. The minimum absolute atomic E-state index is 0.00328. The number of hydrogen-bond acceptors (Lipinski definition) is 3. The number of furan rings is 1. The number of carboxylic acid groups (broad SMARTS) is 1. The molecule has 1 aromatic heterocycles. The van der Waals surface area contributed by atoms with Crippen molar-refractivity contribution in [2.45, 2.75) is 51.6 Å². The largest absolute Gasteiger partial charge is 0.481 e. The SMILES string of the molecule is Cc1ccc(CN(C(=O)C2CCCC2C(=O)O)C2CC2)o1. The van der Waals surface area contributed by atoms with E-state index < -0.39 is 11.9 Å². The molecule has 0 bridgehead atoms. The summed E-state index contributed by atoms with van der Waals surface area (Å²) in [6, 6.07) is 4.04. The number of carbonyl (C=O) groups is 2. The van der Waals surface area contributed by atoms with Gasteiger partial charge in [-0.3, -0.25) is 9.59 Å². The van der Waals surface area contributed by atoms with E-state index in [1.54, 1.807) is 0 Å². The van der Waals surface area contributed by atoms with E-state index in [9.17, 15) is 14.7 Å². The number of aliphatic carboxylic acids is 1. The van der Waals surface area contributed by atoms with Crippen molar-refractivity contribution in [1.29, 1.82) is 0 Å². The van der Waals surface area contributed by atoms with Gasteiger partial charge in [-0.2, -0.15) is 0 Å². The van der Waals surface area contributed by atoms with Gasteiger partial charge in [0.2, 0.25) is 5.91 Å². The molecule has 0 aromatic carbocycles. The first kappa shape index (κ1) is 14.2. The number of amides is 1. The lowest BCUT2D eigenvalue weighted by atomic mass is 9.94. The fourth-order valence-corrected chi connectivity index (χ4v) is 3.28. The Hall–Kier alpha value is -1.78. The molecule has 2 saturated carbocycles. The van der Waals surface area contributed by atoms with E-state index in [0.717, 1.165) is 30.8 Å². The van der Waals surface area contributed by atoms with Crippen molar-refractivity contribution in [2.75, 3.05) is 0 Å². The van der Waals surface area contributed by atoms with Gasteiger partial charge in [-0.1, -0.05) is 6.42 Å². The maximum atomic E-state index is 12.8. The molecule has 1 N–H and O–H groups in total. The highest BCUT2D eigenvalue weighted by Crippen LogP contribution is 2.37.